The molecule has 0 aliphatic heterocycles. The molecule has 0 saturated carbocycles. The Bertz CT molecular complexity index is 1590. The molecular formula is C40H63N5O9Si. The Kier molecular flexibility index (Phi) is 16.7. The zero-order valence-electron chi connectivity index (χ0n) is 34.9. The number of ether oxygens (including phenoxy) is 3. The zero-order chi connectivity index (χ0) is 41.8. The van der Waals surface area contributed by atoms with Crippen molar-refractivity contribution in [3.8, 4) is 5.75 Å². The largest absolute Gasteiger partial charge is 0.543 e. The summed E-state index contributed by atoms with van der Waals surface area (Å²) in [5.74, 6) is -0.0919. The number of benzene rings is 2. The van der Waals surface area contributed by atoms with Crippen molar-refractivity contribution in [3.05, 3.63) is 64.7 Å². The fourth-order valence-electron chi connectivity index (χ4n) is 4.88. The van der Waals surface area contributed by atoms with Gasteiger partial charge in [0.2, 0.25) is 20.2 Å². The fourth-order valence-corrected chi connectivity index (χ4v) is 5.90. The number of amides is 4. The number of aryl methyl sites for hydroxylation is 2. The Morgan fingerprint density at radius 1 is 0.800 bits per heavy atom. The lowest BCUT2D eigenvalue weighted by Crippen LogP contribution is -2.51. The number of alkyl carbamates (subject to hydrolysis) is 3. The van der Waals surface area contributed by atoms with Crippen LogP contribution in [0.3, 0.4) is 0 Å². The molecule has 4 amide bonds. The predicted molar refractivity (Wildman–Crippen MR) is 216 cm³/mol. The summed E-state index contributed by atoms with van der Waals surface area (Å²) in [6, 6.07) is 11.1. The minimum atomic E-state index is -2.08. The van der Waals surface area contributed by atoms with E-state index in [1.165, 1.54) is 0 Å². The number of rotatable bonds is 13. The van der Waals surface area contributed by atoms with E-state index in [9.17, 15) is 24.3 Å². The number of aliphatic hydroxyl groups is 1. The lowest BCUT2D eigenvalue weighted by molar-refractivity contribution is -0.124. The van der Waals surface area contributed by atoms with E-state index in [0.717, 1.165) is 28.0 Å². The van der Waals surface area contributed by atoms with Gasteiger partial charge in [0, 0.05) is 6.54 Å². The Morgan fingerprint density at radius 2 is 1.33 bits per heavy atom. The smallest absolute Gasteiger partial charge is 0.414 e. The van der Waals surface area contributed by atoms with E-state index < -0.39 is 55.8 Å². The summed E-state index contributed by atoms with van der Waals surface area (Å²) in [6.07, 6.45) is -2.38. The van der Waals surface area contributed by atoms with Gasteiger partial charge in [-0.05, 0) is 121 Å². The minimum Gasteiger partial charge on any atom is -0.543 e. The second kappa shape index (κ2) is 19.8. The highest BCUT2D eigenvalue weighted by Gasteiger charge is 2.39. The fraction of sp³-hybridized carbons (Fsp3) is 0.575. The first-order valence-electron chi connectivity index (χ1n) is 18.5. The molecule has 2 atom stereocenters. The summed E-state index contributed by atoms with van der Waals surface area (Å²) in [5, 5.41) is 20.7. The summed E-state index contributed by atoms with van der Waals surface area (Å²) in [7, 11) is -2.08. The van der Waals surface area contributed by atoms with E-state index in [1.54, 1.807) is 53.7 Å². The van der Waals surface area contributed by atoms with Crippen LogP contribution in [0.1, 0.15) is 91.0 Å². The molecule has 14 nitrogen and oxygen atoms in total. The molecule has 0 radical (unpaired) electrons. The van der Waals surface area contributed by atoms with Gasteiger partial charge in [-0.15, -0.1) is 0 Å². The van der Waals surface area contributed by atoms with Crippen molar-refractivity contribution in [2.75, 3.05) is 13.2 Å². The van der Waals surface area contributed by atoms with E-state index in [-0.39, 0.29) is 37.2 Å². The van der Waals surface area contributed by atoms with Crippen molar-refractivity contribution in [1.82, 2.24) is 21.3 Å². The van der Waals surface area contributed by atoms with Gasteiger partial charge in [-0.2, -0.15) is 0 Å². The average molecular weight is 786 g/mol. The van der Waals surface area contributed by atoms with Crippen molar-refractivity contribution in [1.29, 1.82) is 0 Å². The van der Waals surface area contributed by atoms with E-state index >= 15 is 0 Å². The molecule has 0 heterocycles. The van der Waals surface area contributed by atoms with E-state index in [2.05, 4.69) is 60.1 Å². The molecule has 0 bridgehead atoms. The molecule has 0 aromatic heterocycles. The summed E-state index contributed by atoms with van der Waals surface area (Å²) in [6.45, 7) is 24.4. The van der Waals surface area contributed by atoms with Crippen molar-refractivity contribution < 1.29 is 42.9 Å². The van der Waals surface area contributed by atoms with Crippen LogP contribution in [0.5, 0.6) is 5.75 Å². The normalized spacial score (nSPS) is 13.1. The van der Waals surface area contributed by atoms with Crippen molar-refractivity contribution in [2.24, 2.45) is 4.99 Å². The van der Waals surface area contributed by atoms with E-state index in [4.69, 9.17) is 18.6 Å². The quantitative estimate of drug-likeness (QED) is 0.0631. The van der Waals surface area contributed by atoms with Crippen molar-refractivity contribution >= 4 is 38.5 Å². The van der Waals surface area contributed by atoms with Gasteiger partial charge >= 0.3 is 18.3 Å². The van der Waals surface area contributed by atoms with Gasteiger partial charge in [0.15, 0.2) is 0 Å². The van der Waals surface area contributed by atoms with Crippen LogP contribution in [0.4, 0.5) is 14.4 Å². The number of guanidine groups is 1. The number of hydrogen-bond acceptors (Lipinski definition) is 10. The molecule has 0 aliphatic carbocycles. The number of nitrogens with one attached hydrogen (secondary N) is 4. The molecule has 0 saturated heterocycles. The minimum absolute atomic E-state index is 0.0222. The number of aliphatic hydroxyl groups excluding tert-OH is 1. The number of nitrogens with zero attached hydrogens (tertiary/aromatic N) is 1. The molecule has 0 fully saturated rings. The van der Waals surface area contributed by atoms with Crippen molar-refractivity contribution in [3.63, 3.8) is 0 Å². The second-order valence-corrected chi connectivity index (χ2v) is 21.7. The summed E-state index contributed by atoms with van der Waals surface area (Å²) >= 11 is 0. The van der Waals surface area contributed by atoms with Gasteiger partial charge in [0.25, 0.3) is 0 Å². The molecule has 2 aromatic rings. The van der Waals surface area contributed by atoms with Crippen molar-refractivity contribution in [2.45, 2.75) is 137 Å². The van der Waals surface area contributed by atoms with Crippen LogP contribution in [0, 0.1) is 13.8 Å². The van der Waals surface area contributed by atoms with Crippen LogP contribution in [-0.2, 0) is 32.0 Å². The van der Waals surface area contributed by atoms with Crippen LogP contribution in [0.15, 0.2) is 47.5 Å². The first-order chi connectivity index (χ1) is 25.3. The Balaban J connectivity index is 2.31. The molecule has 0 aliphatic rings. The highest BCUT2D eigenvalue weighted by Crippen LogP contribution is 2.38. The van der Waals surface area contributed by atoms with Gasteiger partial charge in [-0.3, -0.25) is 20.4 Å². The molecule has 2 rings (SSSR count). The van der Waals surface area contributed by atoms with Gasteiger partial charge in [0.05, 0.1) is 12.6 Å². The third kappa shape index (κ3) is 17.1. The maximum atomic E-state index is 13.8. The Labute approximate surface area is 327 Å². The maximum Gasteiger partial charge on any atom is 0.414 e. The highest BCUT2D eigenvalue weighted by atomic mass is 28.4. The Morgan fingerprint density at radius 3 is 1.80 bits per heavy atom. The van der Waals surface area contributed by atoms with E-state index in [0.29, 0.717) is 6.42 Å². The van der Waals surface area contributed by atoms with Crippen LogP contribution < -0.4 is 25.7 Å². The van der Waals surface area contributed by atoms with Gasteiger partial charge in [0.1, 0.15) is 29.6 Å². The molecule has 0 unspecified atom stereocenters. The standard InChI is InChI=1S/C40H63N5O9Si/c1-26-21-30(54-55(12,13)40(9,10)11)22-27(2)31(26)23-29(24-46)42-33(47)32(43-35(48)51-25-28-17-15-14-16-18-28)19-20-41-34(44-36(49)52-38(3,4)5)45-37(50)53-39(6,7)8/h14-18,21-22,29,32,46H,19-20,23-25H2,1-13H3,(H,42,47)(H,43,48)(H2,41,44,45,49,50)/t29-,32+/m0/s1. The molecule has 0 spiro atoms. The molecule has 15 heteroatoms. The monoisotopic (exact) mass is 785 g/mol. The van der Waals surface area contributed by atoms with E-state index in [1.807, 2.05) is 44.2 Å². The highest BCUT2D eigenvalue weighted by molar-refractivity contribution is 6.74. The van der Waals surface area contributed by atoms with Crippen LogP contribution in [-0.4, -0.2) is 80.0 Å². The molecule has 5 N–H and O–H groups in total. The number of carbonyl (C=O) groups is 4. The summed E-state index contributed by atoms with van der Waals surface area (Å²) < 4.78 is 22.5. The van der Waals surface area contributed by atoms with Gasteiger partial charge in [-0.1, -0.05) is 51.1 Å². The summed E-state index contributed by atoms with van der Waals surface area (Å²) in [5.41, 5.74) is 1.94. The first kappa shape index (κ1) is 46.5. The zero-order valence-corrected chi connectivity index (χ0v) is 35.9. The second-order valence-electron chi connectivity index (χ2n) is 17.0. The van der Waals surface area contributed by atoms with Crippen LogP contribution in [0.25, 0.3) is 0 Å². The lowest BCUT2D eigenvalue weighted by atomic mass is 9.96. The topological polar surface area (TPSA) is 186 Å². The number of carbonyl (C=O) groups excluding carboxylic acids is 4. The first-order valence-corrected chi connectivity index (χ1v) is 21.4. The molecular weight excluding hydrogens is 723 g/mol. The van der Waals surface area contributed by atoms with Crippen LogP contribution in [0.2, 0.25) is 18.1 Å². The Hall–Kier alpha value is -4.63. The predicted octanol–water partition coefficient (Wildman–Crippen LogP) is 6.80. The lowest BCUT2D eigenvalue weighted by Gasteiger charge is -2.36. The van der Waals surface area contributed by atoms with Gasteiger partial charge < -0.3 is 34.4 Å². The molecule has 306 valence electrons. The number of aliphatic imine (C=N–C) groups is 1. The average Bonchev–Trinajstić information content (AvgIpc) is 3.02. The maximum absolute atomic E-state index is 13.8. The third-order valence-electron chi connectivity index (χ3n) is 8.61. The van der Waals surface area contributed by atoms with Crippen LogP contribution >= 0.6 is 0 Å². The third-order valence-corrected chi connectivity index (χ3v) is 13.0. The SMILES string of the molecule is Cc1cc(O[Si](C)(C)C(C)(C)C)cc(C)c1C[C@@H](CO)NC(=O)[C@@H](CCN=C(NC(=O)OC(C)(C)C)NC(=O)OC(C)(C)C)NC(=O)OCc1ccccc1. The number of hydrogen-bond donors (Lipinski definition) is 5. The van der Waals surface area contributed by atoms with Gasteiger partial charge in [-0.25, -0.2) is 14.4 Å². The summed E-state index contributed by atoms with van der Waals surface area (Å²) in [4.78, 5) is 56.2. The molecule has 2 aromatic carbocycles. The molecule has 55 heavy (non-hydrogen) atoms.